The molecule has 0 radical (unpaired) electrons. The number of phenols is 1. The van der Waals surface area contributed by atoms with Crippen molar-refractivity contribution in [2.45, 2.75) is 24.8 Å². The lowest BCUT2D eigenvalue weighted by Gasteiger charge is -2.10. The van der Waals surface area contributed by atoms with Gasteiger partial charge < -0.3 is 15.6 Å². The van der Waals surface area contributed by atoms with E-state index in [9.17, 15) is 5.11 Å². The van der Waals surface area contributed by atoms with Crippen LogP contribution < -0.4 is 10.5 Å². The van der Waals surface area contributed by atoms with Crippen molar-refractivity contribution < 1.29 is 9.84 Å². The number of phenolic OH excluding ortho intramolecular Hbond substituents is 1. The molecule has 14 heavy (non-hydrogen) atoms. The van der Waals surface area contributed by atoms with Crippen LogP contribution in [0, 0.1) is 0 Å². The van der Waals surface area contributed by atoms with E-state index in [1.807, 2.05) is 6.07 Å². The average Bonchev–Trinajstić information content (AvgIpc) is 2.84. The van der Waals surface area contributed by atoms with Crippen LogP contribution in [-0.4, -0.2) is 17.8 Å². The van der Waals surface area contributed by atoms with Gasteiger partial charge in [0.15, 0.2) is 11.5 Å². The minimum atomic E-state index is -0.0129. The van der Waals surface area contributed by atoms with Crippen molar-refractivity contribution in [2.24, 2.45) is 5.73 Å². The highest BCUT2D eigenvalue weighted by molar-refractivity contribution is 5.42. The predicted octanol–water partition coefficient (Wildman–Crippen LogP) is 1.43. The third-order valence-corrected chi connectivity index (χ3v) is 2.69. The Hall–Kier alpha value is -1.22. The molecule has 1 aliphatic carbocycles. The van der Waals surface area contributed by atoms with Gasteiger partial charge in [0.2, 0.25) is 0 Å². The molecule has 1 aromatic carbocycles. The number of aromatic hydroxyl groups is 1. The van der Waals surface area contributed by atoms with Crippen molar-refractivity contribution in [2.75, 3.05) is 7.11 Å². The molecule has 0 spiro atoms. The fraction of sp³-hybridized carbons (Fsp3) is 0.455. The molecule has 1 saturated carbocycles. The van der Waals surface area contributed by atoms with Crippen LogP contribution in [-0.2, 0) is 6.42 Å². The number of hydrogen-bond acceptors (Lipinski definition) is 3. The molecule has 3 heteroatoms. The van der Waals surface area contributed by atoms with E-state index in [0.29, 0.717) is 5.75 Å². The highest BCUT2D eigenvalue weighted by Crippen LogP contribution is 2.37. The maximum atomic E-state index is 9.54. The van der Waals surface area contributed by atoms with Crippen LogP contribution in [0.1, 0.15) is 18.4 Å². The molecule has 0 heterocycles. The van der Waals surface area contributed by atoms with Crippen molar-refractivity contribution >= 4 is 0 Å². The van der Waals surface area contributed by atoms with Gasteiger partial charge in [-0.3, -0.25) is 0 Å². The van der Waals surface area contributed by atoms with Crippen LogP contribution in [0.15, 0.2) is 18.2 Å². The van der Waals surface area contributed by atoms with Gasteiger partial charge in [0.25, 0.3) is 0 Å². The molecular weight excluding hydrogens is 178 g/mol. The molecule has 0 bridgehead atoms. The second-order valence-corrected chi connectivity index (χ2v) is 4.05. The van der Waals surface area contributed by atoms with E-state index < -0.39 is 0 Å². The fourth-order valence-electron chi connectivity index (χ4n) is 1.59. The van der Waals surface area contributed by atoms with Gasteiger partial charge >= 0.3 is 0 Å². The summed E-state index contributed by atoms with van der Waals surface area (Å²) in [7, 11) is 1.54. The van der Waals surface area contributed by atoms with Crippen molar-refractivity contribution in [3.63, 3.8) is 0 Å². The van der Waals surface area contributed by atoms with E-state index in [0.717, 1.165) is 24.8 Å². The van der Waals surface area contributed by atoms with Crippen LogP contribution in [0.5, 0.6) is 11.5 Å². The normalized spacial score (nSPS) is 17.9. The molecule has 0 aromatic heterocycles. The lowest BCUT2D eigenvalue weighted by atomic mass is 10.0. The highest BCUT2D eigenvalue weighted by atomic mass is 16.5. The summed E-state index contributed by atoms with van der Waals surface area (Å²) < 4.78 is 4.96. The SMILES string of the molecule is COc1ccc(CC2(N)CC2)cc1O. The molecule has 3 N–H and O–H groups in total. The van der Waals surface area contributed by atoms with E-state index in [4.69, 9.17) is 10.5 Å². The van der Waals surface area contributed by atoms with Crippen molar-refractivity contribution in [1.29, 1.82) is 0 Å². The van der Waals surface area contributed by atoms with Gasteiger partial charge in [0.05, 0.1) is 7.11 Å². The quantitative estimate of drug-likeness (QED) is 0.763. The topological polar surface area (TPSA) is 55.5 Å². The van der Waals surface area contributed by atoms with Crippen molar-refractivity contribution in [1.82, 2.24) is 0 Å². The maximum Gasteiger partial charge on any atom is 0.160 e. The van der Waals surface area contributed by atoms with Crippen LogP contribution in [0.3, 0.4) is 0 Å². The number of methoxy groups -OCH3 is 1. The third kappa shape index (κ3) is 1.82. The zero-order valence-electron chi connectivity index (χ0n) is 8.29. The molecule has 0 unspecified atom stereocenters. The molecule has 0 saturated heterocycles. The minimum Gasteiger partial charge on any atom is -0.504 e. The Morgan fingerprint density at radius 1 is 1.50 bits per heavy atom. The van der Waals surface area contributed by atoms with E-state index >= 15 is 0 Å². The predicted molar refractivity (Wildman–Crippen MR) is 54.5 cm³/mol. The first-order valence-corrected chi connectivity index (χ1v) is 4.78. The first-order chi connectivity index (χ1) is 6.63. The van der Waals surface area contributed by atoms with E-state index in [2.05, 4.69) is 0 Å². The summed E-state index contributed by atoms with van der Waals surface area (Å²) in [6, 6.07) is 5.45. The van der Waals surface area contributed by atoms with Gasteiger partial charge in [-0.1, -0.05) is 6.07 Å². The summed E-state index contributed by atoms with van der Waals surface area (Å²) in [6.45, 7) is 0. The molecular formula is C11H15NO2. The van der Waals surface area contributed by atoms with E-state index in [1.54, 1.807) is 19.2 Å². The number of ether oxygens (including phenoxy) is 1. The Labute approximate surface area is 83.5 Å². The molecule has 1 aliphatic rings. The molecule has 1 fully saturated rings. The first kappa shape index (κ1) is 9.34. The Bertz CT molecular complexity index is 345. The largest absolute Gasteiger partial charge is 0.504 e. The van der Waals surface area contributed by atoms with Gasteiger partial charge in [-0.2, -0.15) is 0 Å². The van der Waals surface area contributed by atoms with Gasteiger partial charge in [-0.25, -0.2) is 0 Å². The van der Waals surface area contributed by atoms with Crippen LogP contribution in [0.2, 0.25) is 0 Å². The number of benzene rings is 1. The zero-order valence-corrected chi connectivity index (χ0v) is 8.29. The second-order valence-electron chi connectivity index (χ2n) is 4.05. The first-order valence-electron chi connectivity index (χ1n) is 4.78. The monoisotopic (exact) mass is 193 g/mol. The molecule has 3 nitrogen and oxygen atoms in total. The van der Waals surface area contributed by atoms with Gasteiger partial charge in [-0.05, 0) is 37.0 Å². The van der Waals surface area contributed by atoms with Gasteiger partial charge in [-0.15, -0.1) is 0 Å². The lowest BCUT2D eigenvalue weighted by Crippen LogP contribution is -2.24. The summed E-state index contributed by atoms with van der Waals surface area (Å²) >= 11 is 0. The van der Waals surface area contributed by atoms with Crippen LogP contribution in [0.4, 0.5) is 0 Å². The summed E-state index contributed by atoms with van der Waals surface area (Å²) in [4.78, 5) is 0. The Morgan fingerprint density at radius 2 is 2.21 bits per heavy atom. The number of hydrogen-bond donors (Lipinski definition) is 2. The standard InChI is InChI=1S/C11H15NO2/c1-14-10-3-2-8(6-9(10)13)7-11(12)4-5-11/h2-3,6,13H,4-5,7,12H2,1H3. The summed E-state index contributed by atoms with van der Waals surface area (Å²) in [6.07, 6.45) is 3.00. The minimum absolute atomic E-state index is 0.0129. The molecule has 1 aromatic rings. The second kappa shape index (κ2) is 3.17. The van der Waals surface area contributed by atoms with E-state index in [1.165, 1.54) is 0 Å². The Morgan fingerprint density at radius 3 is 2.71 bits per heavy atom. The average molecular weight is 193 g/mol. The zero-order chi connectivity index (χ0) is 10.2. The molecule has 0 aliphatic heterocycles. The van der Waals surface area contributed by atoms with Crippen LogP contribution in [0.25, 0.3) is 0 Å². The smallest absolute Gasteiger partial charge is 0.160 e. The highest BCUT2D eigenvalue weighted by Gasteiger charge is 2.37. The number of nitrogens with two attached hydrogens (primary N) is 1. The summed E-state index contributed by atoms with van der Waals surface area (Å²) in [5.41, 5.74) is 7.05. The fourth-order valence-corrected chi connectivity index (χ4v) is 1.59. The summed E-state index contributed by atoms with van der Waals surface area (Å²) in [5, 5.41) is 9.54. The molecule has 2 rings (SSSR count). The maximum absolute atomic E-state index is 9.54. The summed E-state index contributed by atoms with van der Waals surface area (Å²) in [5.74, 6) is 0.699. The van der Waals surface area contributed by atoms with Gasteiger partial charge in [0, 0.05) is 5.54 Å². The van der Waals surface area contributed by atoms with E-state index in [-0.39, 0.29) is 11.3 Å². The lowest BCUT2D eigenvalue weighted by molar-refractivity contribution is 0.373. The number of rotatable bonds is 3. The Balaban J connectivity index is 2.15. The van der Waals surface area contributed by atoms with Gasteiger partial charge in [0.1, 0.15) is 0 Å². The molecule has 0 amide bonds. The van der Waals surface area contributed by atoms with Crippen LogP contribution >= 0.6 is 0 Å². The van der Waals surface area contributed by atoms with Crippen molar-refractivity contribution in [3.05, 3.63) is 23.8 Å². The van der Waals surface area contributed by atoms with Crippen molar-refractivity contribution in [3.8, 4) is 11.5 Å². The molecule has 76 valence electrons. The molecule has 0 atom stereocenters. The third-order valence-electron chi connectivity index (χ3n) is 2.69. The Kier molecular flexibility index (Phi) is 2.11.